The summed E-state index contributed by atoms with van der Waals surface area (Å²) in [5.41, 5.74) is 0.987. The van der Waals surface area contributed by atoms with Gasteiger partial charge in [0.15, 0.2) is 0 Å². The number of anilines is 1. The van der Waals surface area contributed by atoms with Crippen LogP contribution in [0.3, 0.4) is 0 Å². The van der Waals surface area contributed by atoms with E-state index in [0.717, 1.165) is 11.4 Å². The van der Waals surface area contributed by atoms with E-state index >= 15 is 0 Å². The Kier molecular flexibility index (Phi) is 5.52. The Morgan fingerprint density at radius 1 is 1.18 bits per heavy atom. The van der Waals surface area contributed by atoms with Crippen molar-refractivity contribution >= 4 is 5.69 Å². The molecule has 1 aliphatic heterocycles. The molecule has 7 heteroatoms. The number of aliphatic hydroxyl groups excluding tert-OH is 1. The van der Waals surface area contributed by atoms with Gasteiger partial charge in [0.1, 0.15) is 5.75 Å². The van der Waals surface area contributed by atoms with E-state index in [2.05, 4.69) is 4.90 Å². The number of nitrogens with zero attached hydrogens (tertiary/aromatic N) is 2. The van der Waals surface area contributed by atoms with Crippen LogP contribution in [0, 0.1) is 0 Å². The number of aliphatic hydroxyl groups is 1. The molecule has 1 heterocycles. The summed E-state index contributed by atoms with van der Waals surface area (Å²) in [4.78, 5) is 4.01. The Morgan fingerprint density at radius 2 is 1.82 bits per heavy atom. The van der Waals surface area contributed by atoms with E-state index in [1.807, 2.05) is 29.2 Å². The third-order valence-electron chi connectivity index (χ3n) is 3.73. The molecule has 4 nitrogen and oxygen atoms in total. The maximum Gasteiger partial charge on any atom is 0.391 e. The topological polar surface area (TPSA) is 35.9 Å². The van der Waals surface area contributed by atoms with Gasteiger partial charge in [0.2, 0.25) is 0 Å². The molecule has 0 unspecified atom stereocenters. The number of alkyl halides is 3. The lowest BCUT2D eigenvalue weighted by Gasteiger charge is -2.37. The van der Waals surface area contributed by atoms with E-state index in [1.54, 1.807) is 7.11 Å². The summed E-state index contributed by atoms with van der Waals surface area (Å²) in [7, 11) is 1.61. The SMILES string of the molecule is COc1ccccc1N1CCN(C[C@H](O)CC(F)(F)F)CC1. The van der Waals surface area contributed by atoms with Gasteiger partial charge in [-0.3, -0.25) is 4.90 Å². The smallest absolute Gasteiger partial charge is 0.391 e. The first-order valence-corrected chi connectivity index (χ1v) is 7.24. The molecular formula is C15H21F3N2O2. The van der Waals surface area contributed by atoms with Crippen LogP contribution in [0.15, 0.2) is 24.3 Å². The minimum atomic E-state index is -4.32. The van der Waals surface area contributed by atoms with E-state index in [0.29, 0.717) is 26.2 Å². The molecule has 1 aromatic carbocycles. The van der Waals surface area contributed by atoms with Gasteiger partial charge in [-0.25, -0.2) is 0 Å². The highest BCUT2D eigenvalue weighted by atomic mass is 19.4. The lowest BCUT2D eigenvalue weighted by molar-refractivity contribution is -0.155. The highest BCUT2D eigenvalue weighted by Crippen LogP contribution is 2.28. The van der Waals surface area contributed by atoms with E-state index in [1.165, 1.54) is 0 Å². The molecule has 124 valence electrons. The summed E-state index contributed by atoms with van der Waals surface area (Å²) in [6.45, 7) is 2.68. The largest absolute Gasteiger partial charge is 0.495 e. The summed E-state index contributed by atoms with van der Waals surface area (Å²) >= 11 is 0. The van der Waals surface area contributed by atoms with Crippen molar-refractivity contribution in [1.29, 1.82) is 0 Å². The fraction of sp³-hybridized carbons (Fsp3) is 0.600. The second-order valence-electron chi connectivity index (χ2n) is 5.43. The average molecular weight is 318 g/mol. The van der Waals surface area contributed by atoms with Crippen LogP contribution in [-0.4, -0.2) is 62.1 Å². The van der Waals surface area contributed by atoms with Crippen LogP contribution in [-0.2, 0) is 0 Å². The maximum absolute atomic E-state index is 12.2. The van der Waals surface area contributed by atoms with Crippen LogP contribution in [0.25, 0.3) is 0 Å². The van der Waals surface area contributed by atoms with Crippen molar-refractivity contribution in [3.05, 3.63) is 24.3 Å². The molecule has 0 aromatic heterocycles. The van der Waals surface area contributed by atoms with E-state index < -0.39 is 18.7 Å². The number of ether oxygens (including phenoxy) is 1. The van der Waals surface area contributed by atoms with Crippen molar-refractivity contribution in [2.24, 2.45) is 0 Å². The summed E-state index contributed by atoms with van der Waals surface area (Å²) in [6, 6.07) is 7.67. The first kappa shape index (κ1) is 16.9. The zero-order chi connectivity index (χ0) is 16.2. The second-order valence-corrected chi connectivity index (χ2v) is 5.43. The third-order valence-corrected chi connectivity index (χ3v) is 3.73. The first-order chi connectivity index (χ1) is 10.4. The third kappa shape index (κ3) is 4.78. The molecule has 1 fully saturated rings. The Labute approximate surface area is 128 Å². The zero-order valence-electron chi connectivity index (χ0n) is 12.5. The fourth-order valence-electron chi connectivity index (χ4n) is 2.69. The Morgan fingerprint density at radius 3 is 2.41 bits per heavy atom. The molecule has 0 aliphatic carbocycles. The lowest BCUT2D eigenvalue weighted by atomic mass is 10.2. The number of para-hydroxylation sites is 2. The molecule has 2 rings (SSSR count). The number of β-amino-alcohol motifs (C(OH)–C–C–N with tert-alkyl or cyclic N) is 1. The number of rotatable bonds is 5. The van der Waals surface area contributed by atoms with Gasteiger partial charge in [0, 0.05) is 32.7 Å². The highest BCUT2D eigenvalue weighted by Gasteiger charge is 2.32. The molecular weight excluding hydrogens is 297 g/mol. The van der Waals surface area contributed by atoms with Gasteiger partial charge >= 0.3 is 6.18 Å². The molecule has 1 saturated heterocycles. The van der Waals surface area contributed by atoms with Gasteiger partial charge < -0.3 is 14.7 Å². The average Bonchev–Trinajstić information content (AvgIpc) is 2.46. The van der Waals surface area contributed by atoms with Gasteiger partial charge in [0.25, 0.3) is 0 Å². The van der Waals surface area contributed by atoms with Gasteiger partial charge in [-0.15, -0.1) is 0 Å². The van der Waals surface area contributed by atoms with Crippen molar-refractivity contribution in [3.8, 4) is 5.75 Å². The monoisotopic (exact) mass is 318 g/mol. The van der Waals surface area contributed by atoms with Gasteiger partial charge in [-0.2, -0.15) is 13.2 Å². The minimum absolute atomic E-state index is 0.0548. The standard InChI is InChI=1S/C15H21F3N2O2/c1-22-14-5-3-2-4-13(14)20-8-6-19(7-9-20)11-12(21)10-15(16,17)18/h2-5,12,21H,6-11H2,1H3/t12-/m1/s1. The normalized spacial score (nSPS) is 18.3. The molecule has 0 radical (unpaired) electrons. The maximum atomic E-state index is 12.2. The van der Waals surface area contributed by atoms with Crippen LogP contribution in [0.1, 0.15) is 6.42 Å². The van der Waals surface area contributed by atoms with Crippen LogP contribution >= 0.6 is 0 Å². The fourth-order valence-corrected chi connectivity index (χ4v) is 2.69. The quantitative estimate of drug-likeness (QED) is 0.902. The summed E-state index contributed by atoms with van der Waals surface area (Å²) in [5.74, 6) is 0.785. The summed E-state index contributed by atoms with van der Waals surface area (Å²) in [5, 5.41) is 9.51. The zero-order valence-corrected chi connectivity index (χ0v) is 12.5. The predicted molar refractivity (Wildman–Crippen MR) is 78.3 cm³/mol. The van der Waals surface area contributed by atoms with Crippen molar-refractivity contribution in [1.82, 2.24) is 4.90 Å². The molecule has 0 spiro atoms. The van der Waals surface area contributed by atoms with Gasteiger partial charge in [-0.05, 0) is 12.1 Å². The van der Waals surface area contributed by atoms with Crippen molar-refractivity contribution in [2.45, 2.75) is 18.7 Å². The second kappa shape index (κ2) is 7.19. The minimum Gasteiger partial charge on any atom is -0.495 e. The predicted octanol–water partition coefficient (Wildman–Crippen LogP) is 2.13. The van der Waals surface area contributed by atoms with Crippen LogP contribution in [0.4, 0.5) is 18.9 Å². The molecule has 0 amide bonds. The van der Waals surface area contributed by atoms with E-state index in [4.69, 9.17) is 4.74 Å². The van der Waals surface area contributed by atoms with Gasteiger partial charge in [-0.1, -0.05) is 12.1 Å². The van der Waals surface area contributed by atoms with Crippen molar-refractivity contribution in [3.63, 3.8) is 0 Å². The number of piperazine rings is 1. The Balaban J connectivity index is 1.85. The summed E-state index contributed by atoms with van der Waals surface area (Å²) in [6.07, 6.45) is -6.84. The van der Waals surface area contributed by atoms with Crippen LogP contribution < -0.4 is 9.64 Å². The van der Waals surface area contributed by atoms with E-state index in [9.17, 15) is 18.3 Å². The molecule has 22 heavy (non-hydrogen) atoms. The van der Waals surface area contributed by atoms with Crippen molar-refractivity contribution in [2.75, 3.05) is 44.7 Å². The van der Waals surface area contributed by atoms with Crippen LogP contribution in [0.2, 0.25) is 0 Å². The van der Waals surface area contributed by atoms with Gasteiger partial charge in [0.05, 0.1) is 25.3 Å². The lowest BCUT2D eigenvalue weighted by Crippen LogP contribution is -2.49. The number of hydrogen-bond donors (Lipinski definition) is 1. The Bertz CT molecular complexity index is 474. The molecule has 0 bridgehead atoms. The first-order valence-electron chi connectivity index (χ1n) is 7.24. The number of methoxy groups -OCH3 is 1. The summed E-state index contributed by atoms with van der Waals surface area (Å²) < 4.78 is 42.0. The molecule has 1 atom stereocenters. The highest BCUT2D eigenvalue weighted by molar-refractivity contribution is 5.58. The molecule has 1 aliphatic rings. The number of benzene rings is 1. The Hall–Kier alpha value is -1.47. The number of halogens is 3. The van der Waals surface area contributed by atoms with E-state index in [-0.39, 0.29) is 6.54 Å². The van der Waals surface area contributed by atoms with Crippen LogP contribution in [0.5, 0.6) is 5.75 Å². The number of hydrogen-bond acceptors (Lipinski definition) is 4. The molecule has 1 aromatic rings. The molecule has 1 N–H and O–H groups in total. The molecule has 0 saturated carbocycles. The van der Waals surface area contributed by atoms with Crippen molar-refractivity contribution < 1.29 is 23.0 Å².